The van der Waals surface area contributed by atoms with E-state index in [9.17, 15) is 4.39 Å². The first-order chi connectivity index (χ1) is 13.2. The minimum atomic E-state index is -0.915. The molecule has 2 N–H and O–H groups in total. The van der Waals surface area contributed by atoms with E-state index >= 15 is 0 Å². The van der Waals surface area contributed by atoms with Crippen LogP contribution in [0.1, 0.15) is 24.5 Å². The minimum absolute atomic E-state index is 0.265. The number of methoxy groups -OCH3 is 1. The molecule has 1 saturated carbocycles. The van der Waals surface area contributed by atoms with Gasteiger partial charge in [0.05, 0.1) is 25.0 Å². The number of nitrogens with one attached hydrogen (secondary N) is 2. The van der Waals surface area contributed by atoms with Crippen molar-refractivity contribution >= 4 is 11.5 Å². The third-order valence-electron chi connectivity index (χ3n) is 5.15. The van der Waals surface area contributed by atoms with E-state index < -0.39 is 6.17 Å². The molecule has 5 rings (SSSR count). The quantitative estimate of drug-likeness (QED) is 0.720. The van der Waals surface area contributed by atoms with Crippen molar-refractivity contribution in [2.75, 3.05) is 25.5 Å². The van der Waals surface area contributed by atoms with Crippen LogP contribution in [0.15, 0.2) is 30.5 Å². The van der Waals surface area contributed by atoms with Crippen molar-refractivity contribution in [2.24, 2.45) is 0 Å². The lowest BCUT2D eigenvalue weighted by Crippen LogP contribution is -2.29. The molecule has 2 atom stereocenters. The predicted molar refractivity (Wildman–Crippen MR) is 99.9 cm³/mol. The monoisotopic (exact) mass is 368 g/mol. The Balaban J connectivity index is 1.51. The summed E-state index contributed by atoms with van der Waals surface area (Å²) >= 11 is 0. The molecule has 8 heteroatoms. The molecule has 3 aromatic rings. The topological polar surface area (TPSA) is 76.4 Å². The number of anilines is 1. The summed E-state index contributed by atoms with van der Waals surface area (Å²) in [6, 6.07) is 7.33. The maximum absolute atomic E-state index is 13.9. The zero-order valence-electron chi connectivity index (χ0n) is 15.0. The Morgan fingerprint density at radius 2 is 2.19 bits per heavy atom. The Morgan fingerprint density at radius 1 is 1.30 bits per heavy atom. The lowest BCUT2D eigenvalue weighted by molar-refractivity contribution is 0.342. The molecular weight excluding hydrogens is 347 g/mol. The third-order valence-corrected chi connectivity index (χ3v) is 5.15. The van der Waals surface area contributed by atoms with Gasteiger partial charge in [-0.2, -0.15) is 5.10 Å². The van der Waals surface area contributed by atoms with Crippen LogP contribution in [-0.2, 0) is 0 Å². The molecule has 0 aromatic carbocycles. The van der Waals surface area contributed by atoms with Crippen molar-refractivity contribution < 1.29 is 9.13 Å². The number of aromatic nitrogens is 4. The summed E-state index contributed by atoms with van der Waals surface area (Å²) < 4.78 is 21.2. The highest BCUT2D eigenvalue weighted by Gasteiger charge is 2.30. The number of pyridine rings is 1. The normalized spacial score (nSPS) is 22.3. The first-order valence-electron chi connectivity index (χ1n) is 9.24. The van der Waals surface area contributed by atoms with Gasteiger partial charge in [0.15, 0.2) is 5.65 Å². The molecule has 0 unspecified atom stereocenters. The van der Waals surface area contributed by atoms with E-state index in [2.05, 4.69) is 20.6 Å². The molecule has 0 bridgehead atoms. The molecule has 1 saturated heterocycles. The number of hydrogen-bond donors (Lipinski definition) is 2. The fourth-order valence-corrected chi connectivity index (χ4v) is 3.53. The van der Waals surface area contributed by atoms with Crippen LogP contribution >= 0.6 is 0 Å². The highest BCUT2D eigenvalue weighted by molar-refractivity contribution is 5.62. The van der Waals surface area contributed by atoms with Gasteiger partial charge < -0.3 is 15.4 Å². The molecule has 2 fully saturated rings. The van der Waals surface area contributed by atoms with Crippen molar-refractivity contribution in [3.8, 4) is 17.1 Å². The van der Waals surface area contributed by atoms with Crippen molar-refractivity contribution in [1.29, 1.82) is 0 Å². The van der Waals surface area contributed by atoms with Gasteiger partial charge in [-0.3, -0.25) is 0 Å². The van der Waals surface area contributed by atoms with Gasteiger partial charge in [0.1, 0.15) is 29.1 Å². The highest BCUT2D eigenvalue weighted by Crippen LogP contribution is 2.43. The van der Waals surface area contributed by atoms with E-state index in [4.69, 9.17) is 9.84 Å². The number of halogens is 1. The van der Waals surface area contributed by atoms with Crippen LogP contribution < -0.4 is 15.4 Å². The second-order valence-corrected chi connectivity index (χ2v) is 7.12. The SMILES string of the molecule is COc1cc2ncc(-c3cccc(N[C@H]4CNC[C@@H]4F)n3)n2nc1C1CC1. The smallest absolute Gasteiger partial charge is 0.157 e. The maximum atomic E-state index is 13.9. The lowest BCUT2D eigenvalue weighted by atomic mass is 10.2. The van der Waals surface area contributed by atoms with E-state index in [1.807, 2.05) is 28.8 Å². The van der Waals surface area contributed by atoms with Gasteiger partial charge in [-0.1, -0.05) is 6.07 Å². The van der Waals surface area contributed by atoms with Gasteiger partial charge in [-0.05, 0) is 25.0 Å². The summed E-state index contributed by atoms with van der Waals surface area (Å²) in [5.74, 6) is 1.89. The first kappa shape index (κ1) is 16.4. The first-order valence-corrected chi connectivity index (χ1v) is 9.24. The summed E-state index contributed by atoms with van der Waals surface area (Å²) in [6.07, 6.45) is 3.12. The molecule has 0 spiro atoms. The summed E-state index contributed by atoms with van der Waals surface area (Å²) in [4.78, 5) is 9.12. The number of imidazole rings is 1. The Hall–Kier alpha value is -2.74. The predicted octanol–water partition coefficient (Wildman–Crippen LogP) is 2.40. The van der Waals surface area contributed by atoms with E-state index in [1.54, 1.807) is 13.3 Å². The molecule has 4 heterocycles. The van der Waals surface area contributed by atoms with Crippen molar-refractivity contribution in [3.05, 3.63) is 36.2 Å². The number of hydrogen-bond acceptors (Lipinski definition) is 6. The zero-order chi connectivity index (χ0) is 18.4. The summed E-state index contributed by atoms with van der Waals surface area (Å²) in [6.45, 7) is 0.967. The molecule has 27 heavy (non-hydrogen) atoms. The summed E-state index contributed by atoms with van der Waals surface area (Å²) in [5, 5.41) is 11.0. The number of nitrogens with zero attached hydrogens (tertiary/aromatic N) is 4. The molecule has 1 aliphatic heterocycles. The van der Waals surface area contributed by atoms with Gasteiger partial charge >= 0.3 is 0 Å². The standard InChI is InChI=1S/C19H21FN6O/c1-27-16-7-18-22-10-15(26(18)25-19(16)11-5-6-11)13-3-2-4-17(23-13)24-14-9-21-8-12(14)20/h2-4,7,10-12,14,21H,5-6,8-9H2,1H3,(H,23,24)/t12-,14-/m0/s1. The number of ether oxygens (including phenoxy) is 1. The molecule has 0 amide bonds. The van der Waals surface area contributed by atoms with Crippen LogP contribution in [-0.4, -0.2) is 52.0 Å². The largest absolute Gasteiger partial charge is 0.495 e. The van der Waals surface area contributed by atoms with Crippen LogP contribution in [0.4, 0.5) is 10.2 Å². The van der Waals surface area contributed by atoms with Gasteiger partial charge in [0.25, 0.3) is 0 Å². The summed E-state index contributed by atoms with van der Waals surface area (Å²) in [7, 11) is 1.66. The van der Waals surface area contributed by atoms with E-state index in [-0.39, 0.29) is 6.04 Å². The lowest BCUT2D eigenvalue weighted by Gasteiger charge is -2.15. The molecule has 3 aromatic heterocycles. The number of fused-ring (bicyclic) bond motifs is 1. The van der Waals surface area contributed by atoms with E-state index in [0.29, 0.717) is 24.8 Å². The van der Waals surface area contributed by atoms with Crippen LogP contribution in [0.2, 0.25) is 0 Å². The van der Waals surface area contributed by atoms with Crippen LogP contribution in [0.25, 0.3) is 17.0 Å². The van der Waals surface area contributed by atoms with Crippen molar-refractivity contribution in [2.45, 2.75) is 31.0 Å². The Labute approximate surface area is 156 Å². The fourth-order valence-electron chi connectivity index (χ4n) is 3.53. The Kier molecular flexibility index (Phi) is 3.93. The van der Waals surface area contributed by atoms with Crippen molar-refractivity contribution in [1.82, 2.24) is 24.9 Å². The molecule has 140 valence electrons. The Bertz CT molecular complexity index is 985. The Morgan fingerprint density at radius 3 is 2.93 bits per heavy atom. The van der Waals surface area contributed by atoms with Gasteiger partial charge in [0.2, 0.25) is 0 Å². The molecule has 7 nitrogen and oxygen atoms in total. The molecule has 1 aliphatic carbocycles. The third kappa shape index (κ3) is 2.99. The summed E-state index contributed by atoms with van der Waals surface area (Å²) in [5.41, 5.74) is 3.24. The molecular formula is C19H21FN6O. The van der Waals surface area contributed by atoms with Crippen molar-refractivity contribution in [3.63, 3.8) is 0 Å². The van der Waals surface area contributed by atoms with Gasteiger partial charge in [-0.25, -0.2) is 18.9 Å². The fraction of sp³-hybridized carbons (Fsp3) is 0.421. The minimum Gasteiger partial charge on any atom is -0.495 e. The van der Waals surface area contributed by atoms with Crippen LogP contribution in [0, 0.1) is 0 Å². The molecule has 2 aliphatic rings. The average molecular weight is 368 g/mol. The van der Waals surface area contributed by atoms with Gasteiger partial charge in [-0.15, -0.1) is 0 Å². The molecule has 0 radical (unpaired) electrons. The maximum Gasteiger partial charge on any atom is 0.157 e. The van der Waals surface area contributed by atoms with E-state index in [1.165, 1.54) is 0 Å². The van der Waals surface area contributed by atoms with Crippen LogP contribution in [0.3, 0.4) is 0 Å². The number of alkyl halides is 1. The average Bonchev–Trinajstić information content (AvgIpc) is 3.34. The second kappa shape index (κ2) is 6.45. The van der Waals surface area contributed by atoms with Gasteiger partial charge in [0, 0.05) is 25.1 Å². The highest BCUT2D eigenvalue weighted by atomic mass is 19.1. The van der Waals surface area contributed by atoms with E-state index in [0.717, 1.165) is 41.3 Å². The van der Waals surface area contributed by atoms with Crippen LogP contribution in [0.5, 0.6) is 5.75 Å². The zero-order valence-corrected chi connectivity index (χ0v) is 15.0. The second-order valence-electron chi connectivity index (χ2n) is 7.12. The number of rotatable bonds is 5.